The molecule has 2 aromatic carbocycles. The highest BCUT2D eigenvalue weighted by Gasteiger charge is 2.06. The molecular weight excluding hydrogens is 286 g/mol. The maximum Gasteiger partial charge on any atom is 0.231 e. The summed E-state index contributed by atoms with van der Waals surface area (Å²) in [7, 11) is 1.56. The molecule has 1 aromatic heterocycles. The summed E-state index contributed by atoms with van der Waals surface area (Å²) in [4.78, 5) is 4.44. The van der Waals surface area contributed by atoms with Crippen LogP contribution >= 0.6 is 11.3 Å². The van der Waals surface area contributed by atoms with E-state index in [-0.39, 0.29) is 5.75 Å². The third-order valence-corrected chi connectivity index (χ3v) is 3.94. The number of benzene rings is 2. The molecule has 6 heteroatoms. The normalized spacial score (nSPS) is 11.3. The Labute approximate surface area is 125 Å². The molecule has 1 heterocycles. The van der Waals surface area contributed by atoms with Gasteiger partial charge in [0.1, 0.15) is 17.2 Å². The second-order valence-corrected chi connectivity index (χ2v) is 5.48. The monoisotopic (exact) mass is 299 g/mol. The SMILES string of the molecule is COc1ccc(O)c(N=Nc2nc3c(C)cccc3s2)c1. The largest absolute Gasteiger partial charge is 0.506 e. The third-order valence-electron chi connectivity index (χ3n) is 3.04. The minimum atomic E-state index is 0.0526. The van der Waals surface area contributed by atoms with E-state index in [2.05, 4.69) is 15.2 Å². The Kier molecular flexibility index (Phi) is 3.53. The summed E-state index contributed by atoms with van der Waals surface area (Å²) >= 11 is 1.46. The first-order valence-corrected chi connectivity index (χ1v) is 7.14. The molecule has 3 aromatic rings. The second-order valence-electron chi connectivity index (χ2n) is 4.47. The number of hydrogen-bond donors (Lipinski definition) is 1. The van der Waals surface area contributed by atoms with Crippen LogP contribution in [0.4, 0.5) is 10.8 Å². The number of aromatic hydroxyl groups is 1. The number of hydrogen-bond acceptors (Lipinski definition) is 6. The lowest BCUT2D eigenvalue weighted by atomic mass is 10.2. The van der Waals surface area contributed by atoms with E-state index < -0.39 is 0 Å². The lowest BCUT2D eigenvalue weighted by molar-refractivity contribution is 0.412. The molecule has 0 bridgehead atoms. The number of aryl methyl sites for hydroxylation is 1. The van der Waals surface area contributed by atoms with Crippen LogP contribution in [0.5, 0.6) is 11.5 Å². The molecule has 0 saturated carbocycles. The predicted octanol–water partition coefficient (Wildman–Crippen LogP) is 4.73. The number of phenolic OH excluding ortho intramolecular Hbond substituents is 1. The molecule has 21 heavy (non-hydrogen) atoms. The van der Waals surface area contributed by atoms with E-state index in [4.69, 9.17) is 4.74 Å². The van der Waals surface area contributed by atoms with Gasteiger partial charge in [-0.25, -0.2) is 4.98 Å². The van der Waals surface area contributed by atoms with Crippen molar-refractivity contribution in [1.82, 2.24) is 4.98 Å². The van der Waals surface area contributed by atoms with E-state index in [1.54, 1.807) is 19.2 Å². The zero-order valence-electron chi connectivity index (χ0n) is 11.6. The van der Waals surface area contributed by atoms with Crippen molar-refractivity contribution in [3.8, 4) is 11.5 Å². The van der Waals surface area contributed by atoms with Crippen LogP contribution in [0.3, 0.4) is 0 Å². The van der Waals surface area contributed by atoms with Crippen LogP contribution in [0.1, 0.15) is 5.56 Å². The van der Waals surface area contributed by atoms with Gasteiger partial charge in [-0.3, -0.25) is 0 Å². The summed E-state index contributed by atoms with van der Waals surface area (Å²) in [6.45, 7) is 2.01. The fourth-order valence-electron chi connectivity index (χ4n) is 1.92. The van der Waals surface area contributed by atoms with Gasteiger partial charge in [0.25, 0.3) is 0 Å². The average Bonchev–Trinajstić information content (AvgIpc) is 2.91. The highest BCUT2D eigenvalue weighted by atomic mass is 32.1. The average molecular weight is 299 g/mol. The van der Waals surface area contributed by atoms with Gasteiger partial charge in [-0.05, 0) is 30.7 Å². The molecule has 5 nitrogen and oxygen atoms in total. The Morgan fingerprint density at radius 1 is 1.19 bits per heavy atom. The molecule has 3 rings (SSSR count). The van der Waals surface area contributed by atoms with Gasteiger partial charge in [0.15, 0.2) is 0 Å². The smallest absolute Gasteiger partial charge is 0.231 e. The first-order chi connectivity index (χ1) is 10.2. The van der Waals surface area contributed by atoms with Crippen LogP contribution in [0, 0.1) is 6.92 Å². The van der Waals surface area contributed by atoms with Crippen LogP contribution in [0.15, 0.2) is 46.6 Å². The number of phenols is 1. The van der Waals surface area contributed by atoms with Gasteiger partial charge in [0, 0.05) is 6.07 Å². The van der Waals surface area contributed by atoms with Crippen LogP contribution in [0.25, 0.3) is 10.2 Å². The Balaban J connectivity index is 1.96. The van der Waals surface area contributed by atoms with Crippen molar-refractivity contribution in [2.45, 2.75) is 6.92 Å². The predicted molar refractivity (Wildman–Crippen MR) is 83.2 cm³/mol. The van der Waals surface area contributed by atoms with Gasteiger partial charge in [0.05, 0.1) is 17.3 Å². The van der Waals surface area contributed by atoms with E-state index in [1.165, 1.54) is 17.4 Å². The Hall–Kier alpha value is -2.47. The van der Waals surface area contributed by atoms with Crippen molar-refractivity contribution in [1.29, 1.82) is 0 Å². The maximum absolute atomic E-state index is 9.77. The van der Waals surface area contributed by atoms with Crippen molar-refractivity contribution >= 4 is 32.4 Å². The molecule has 0 aliphatic rings. The van der Waals surface area contributed by atoms with Crippen molar-refractivity contribution in [2.75, 3.05) is 7.11 Å². The standard InChI is InChI=1S/C15H13N3O2S/c1-9-4-3-5-13-14(9)16-15(21-13)18-17-11-8-10(20-2)6-7-12(11)19/h3-8,19H,1-2H3. The van der Waals surface area contributed by atoms with Crippen molar-refractivity contribution in [3.05, 3.63) is 42.0 Å². The minimum Gasteiger partial charge on any atom is -0.506 e. The second kappa shape index (κ2) is 5.49. The van der Waals surface area contributed by atoms with Crippen molar-refractivity contribution < 1.29 is 9.84 Å². The summed E-state index contributed by atoms with van der Waals surface area (Å²) in [6, 6.07) is 10.8. The van der Waals surface area contributed by atoms with E-state index >= 15 is 0 Å². The molecule has 0 radical (unpaired) electrons. The van der Waals surface area contributed by atoms with Crippen molar-refractivity contribution in [2.24, 2.45) is 10.2 Å². The van der Waals surface area contributed by atoms with Crippen molar-refractivity contribution in [3.63, 3.8) is 0 Å². The van der Waals surface area contributed by atoms with E-state index in [0.29, 0.717) is 16.6 Å². The van der Waals surface area contributed by atoms with E-state index in [9.17, 15) is 5.11 Å². The fourth-order valence-corrected chi connectivity index (χ4v) is 2.79. The number of aromatic nitrogens is 1. The third kappa shape index (κ3) is 2.71. The first kappa shape index (κ1) is 13.5. The lowest BCUT2D eigenvalue weighted by Gasteiger charge is -2.01. The molecule has 0 fully saturated rings. The number of fused-ring (bicyclic) bond motifs is 1. The molecule has 1 N–H and O–H groups in total. The minimum absolute atomic E-state index is 0.0526. The summed E-state index contributed by atoms with van der Waals surface area (Å²) in [6.07, 6.45) is 0. The molecule has 0 saturated heterocycles. The van der Waals surface area contributed by atoms with Gasteiger partial charge >= 0.3 is 0 Å². The van der Waals surface area contributed by atoms with Gasteiger partial charge < -0.3 is 9.84 Å². The van der Waals surface area contributed by atoms with Gasteiger partial charge in [0.2, 0.25) is 5.13 Å². The van der Waals surface area contributed by atoms with Crippen LogP contribution < -0.4 is 4.74 Å². The zero-order valence-corrected chi connectivity index (χ0v) is 12.4. The number of ether oxygens (including phenoxy) is 1. The Morgan fingerprint density at radius 2 is 2.05 bits per heavy atom. The quantitative estimate of drug-likeness (QED) is 0.711. The summed E-state index contributed by atoms with van der Waals surface area (Å²) in [5, 5.41) is 18.5. The maximum atomic E-state index is 9.77. The molecule has 0 aliphatic carbocycles. The molecule has 0 aliphatic heterocycles. The topological polar surface area (TPSA) is 67.1 Å². The molecule has 0 unspecified atom stereocenters. The molecular formula is C15H13N3O2S. The van der Waals surface area contributed by atoms with Gasteiger partial charge in [-0.15, -0.1) is 10.2 Å². The molecule has 0 atom stereocenters. The number of para-hydroxylation sites is 1. The summed E-state index contributed by atoms with van der Waals surface area (Å²) in [5.41, 5.74) is 2.39. The Morgan fingerprint density at radius 3 is 2.81 bits per heavy atom. The molecule has 0 spiro atoms. The van der Waals surface area contributed by atoms with Gasteiger partial charge in [-0.1, -0.05) is 23.5 Å². The fraction of sp³-hybridized carbons (Fsp3) is 0.133. The Bertz CT molecular complexity index is 827. The highest BCUT2D eigenvalue weighted by Crippen LogP contribution is 2.34. The summed E-state index contributed by atoms with van der Waals surface area (Å²) < 4.78 is 6.17. The van der Waals surface area contributed by atoms with E-state index in [0.717, 1.165) is 15.8 Å². The zero-order chi connectivity index (χ0) is 14.8. The highest BCUT2D eigenvalue weighted by molar-refractivity contribution is 7.21. The number of thiazole rings is 1. The molecule has 0 amide bonds. The number of rotatable bonds is 3. The summed E-state index contributed by atoms with van der Waals surface area (Å²) in [5.74, 6) is 0.665. The first-order valence-electron chi connectivity index (χ1n) is 6.32. The van der Waals surface area contributed by atoms with Gasteiger partial charge in [-0.2, -0.15) is 0 Å². The number of methoxy groups -OCH3 is 1. The number of nitrogens with zero attached hydrogens (tertiary/aromatic N) is 3. The van der Waals surface area contributed by atoms with Crippen LogP contribution in [-0.2, 0) is 0 Å². The van der Waals surface area contributed by atoms with Crippen LogP contribution in [-0.4, -0.2) is 17.2 Å². The van der Waals surface area contributed by atoms with E-state index in [1.807, 2.05) is 25.1 Å². The lowest BCUT2D eigenvalue weighted by Crippen LogP contribution is -1.80. The van der Waals surface area contributed by atoms with Crippen LogP contribution in [0.2, 0.25) is 0 Å². The molecule has 106 valence electrons. The number of azo groups is 1.